The number of urea groups is 1. The first-order chi connectivity index (χ1) is 8.86. The van der Waals surface area contributed by atoms with Crippen molar-refractivity contribution in [3.05, 3.63) is 30.3 Å². The van der Waals surface area contributed by atoms with Crippen molar-refractivity contribution in [2.24, 2.45) is 5.73 Å². The van der Waals surface area contributed by atoms with E-state index in [1.165, 1.54) is 0 Å². The second-order valence-electron chi connectivity index (χ2n) is 5.58. The number of hydrogen-bond acceptors (Lipinski definition) is 2. The summed E-state index contributed by atoms with van der Waals surface area (Å²) in [5, 5.41) is 0. The zero-order valence-corrected chi connectivity index (χ0v) is 14.5. The quantitative estimate of drug-likeness (QED) is 0.891. The number of amides is 2. The van der Waals surface area contributed by atoms with Crippen LogP contribution in [0.3, 0.4) is 0 Å². The molecule has 5 heteroatoms. The molecule has 0 bridgehead atoms. The molecule has 1 aromatic rings. The highest BCUT2D eigenvalue weighted by molar-refractivity contribution is 8.93. The molecule has 0 unspecified atom stereocenters. The van der Waals surface area contributed by atoms with Crippen LogP contribution in [0.15, 0.2) is 30.3 Å². The monoisotopic (exact) mass is 343 g/mol. The molecule has 0 aromatic heterocycles. The summed E-state index contributed by atoms with van der Waals surface area (Å²) in [5.74, 6) is 0. The van der Waals surface area contributed by atoms with Crippen molar-refractivity contribution < 1.29 is 4.79 Å². The number of nitrogens with zero attached hydrogens (tertiary/aromatic N) is 2. The van der Waals surface area contributed by atoms with Crippen LogP contribution >= 0.6 is 17.0 Å². The fraction of sp³-hybridized carbons (Fsp3) is 0.533. The van der Waals surface area contributed by atoms with Gasteiger partial charge in [0.25, 0.3) is 0 Å². The van der Waals surface area contributed by atoms with Gasteiger partial charge in [0.05, 0.1) is 0 Å². The van der Waals surface area contributed by atoms with E-state index in [2.05, 4.69) is 32.6 Å². The second-order valence-corrected chi connectivity index (χ2v) is 5.58. The fourth-order valence-corrected chi connectivity index (χ4v) is 2.16. The minimum atomic E-state index is -0.406. The lowest BCUT2D eigenvalue weighted by atomic mass is 10.1. The molecule has 0 radical (unpaired) electrons. The molecule has 20 heavy (non-hydrogen) atoms. The van der Waals surface area contributed by atoms with Crippen LogP contribution in [0.5, 0.6) is 0 Å². The molecule has 0 saturated carbocycles. The first-order valence-corrected chi connectivity index (χ1v) is 6.73. The van der Waals surface area contributed by atoms with E-state index in [0.717, 1.165) is 18.8 Å². The van der Waals surface area contributed by atoms with Crippen molar-refractivity contribution in [1.29, 1.82) is 0 Å². The molecule has 2 N–H and O–H groups in total. The Labute approximate surface area is 132 Å². The molecular formula is C15H26BrN3O. The highest BCUT2D eigenvalue weighted by Crippen LogP contribution is 2.15. The molecule has 0 fully saturated rings. The number of benzene rings is 1. The van der Waals surface area contributed by atoms with Gasteiger partial charge in [-0.3, -0.25) is 9.80 Å². The molecule has 114 valence electrons. The third-order valence-corrected chi connectivity index (χ3v) is 3.26. The average Bonchev–Trinajstić information content (AvgIpc) is 2.33. The summed E-state index contributed by atoms with van der Waals surface area (Å²) in [5.41, 5.74) is 6.41. The van der Waals surface area contributed by atoms with Gasteiger partial charge >= 0.3 is 6.03 Å². The molecule has 0 aliphatic rings. The maximum atomic E-state index is 11.6. The SMILES string of the molecule is Br.CCN(CCN(C(N)=O)c1ccccc1)C(C)(C)C. The number of halogens is 1. The first kappa shape index (κ1) is 18.9. The Hall–Kier alpha value is -1.07. The van der Waals surface area contributed by atoms with Crippen LogP contribution in [-0.2, 0) is 0 Å². The Bertz CT molecular complexity index is 403. The van der Waals surface area contributed by atoms with E-state index in [9.17, 15) is 4.79 Å². The summed E-state index contributed by atoms with van der Waals surface area (Å²) in [4.78, 5) is 15.5. The van der Waals surface area contributed by atoms with E-state index in [0.29, 0.717) is 6.54 Å². The van der Waals surface area contributed by atoms with Gasteiger partial charge in [-0.1, -0.05) is 25.1 Å². The van der Waals surface area contributed by atoms with E-state index in [-0.39, 0.29) is 22.5 Å². The number of primary amides is 1. The van der Waals surface area contributed by atoms with Crippen molar-refractivity contribution in [2.45, 2.75) is 33.2 Å². The van der Waals surface area contributed by atoms with E-state index < -0.39 is 6.03 Å². The van der Waals surface area contributed by atoms with Gasteiger partial charge < -0.3 is 5.73 Å². The van der Waals surface area contributed by atoms with Crippen LogP contribution in [0.1, 0.15) is 27.7 Å². The lowest BCUT2D eigenvalue weighted by molar-refractivity contribution is 0.149. The van der Waals surface area contributed by atoms with Crippen LogP contribution in [0.4, 0.5) is 10.5 Å². The van der Waals surface area contributed by atoms with Gasteiger partial charge in [-0.2, -0.15) is 0 Å². The molecule has 1 aromatic carbocycles. The number of nitrogens with two attached hydrogens (primary N) is 1. The van der Waals surface area contributed by atoms with Crippen molar-refractivity contribution in [1.82, 2.24) is 4.90 Å². The lowest BCUT2D eigenvalue weighted by Gasteiger charge is -2.36. The predicted octanol–water partition coefficient (Wildman–Crippen LogP) is 3.27. The molecule has 0 saturated heterocycles. The van der Waals surface area contributed by atoms with E-state index >= 15 is 0 Å². The number of anilines is 1. The Balaban J connectivity index is 0.00000361. The highest BCUT2D eigenvalue weighted by Gasteiger charge is 2.21. The number of carbonyl (C=O) groups is 1. The molecular weight excluding hydrogens is 318 g/mol. The smallest absolute Gasteiger partial charge is 0.319 e. The topological polar surface area (TPSA) is 49.6 Å². The number of likely N-dealkylation sites (N-methyl/N-ethyl adjacent to an activating group) is 1. The Kier molecular flexibility index (Phi) is 7.83. The Morgan fingerprint density at radius 1 is 1.15 bits per heavy atom. The van der Waals surface area contributed by atoms with Crippen LogP contribution in [-0.4, -0.2) is 36.1 Å². The zero-order valence-electron chi connectivity index (χ0n) is 12.8. The summed E-state index contributed by atoms with van der Waals surface area (Å²) in [6.45, 7) is 11.0. The molecule has 0 heterocycles. The third-order valence-electron chi connectivity index (χ3n) is 3.26. The maximum absolute atomic E-state index is 11.6. The standard InChI is InChI=1S/C15H25N3O.BrH/c1-5-17(15(2,3)4)11-12-18(14(16)19)13-9-7-6-8-10-13;/h6-10H,5,11-12H2,1-4H3,(H2,16,19);1H. The summed E-state index contributed by atoms with van der Waals surface area (Å²) in [6, 6.07) is 9.14. The van der Waals surface area contributed by atoms with Crippen molar-refractivity contribution >= 4 is 28.7 Å². The normalized spacial score (nSPS) is 11.1. The van der Waals surface area contributed by atoms with Crippen molar-refractivity contribution in [3.8, 4) is 0 Å². The molecule has 0 aliphatic carbocycles. The van der Waals surface area contributed by atoms with Gasteiger partial charge in [0.15, 0.2) is 0 Å². The Morgan fingerprint density at radius 2 is 1.70 bits per heavy atom. The van der Waals surface area contributed by atoms with Crippen LogP contribution in [0, 0.1) is 0 Å². The highest BCUT2D eigenvalue weighted by atomic mass is 79.9. The molecule has 4 nitrogen and oxygen atoms in total. The number of para-hydroxylation sites is 1. The van der Waals surface area contributed by atoms with E-state index in [4.69, 9.17) is 5.73 Å². The molecule has 2 amide bonds. The van der Waals surface area contributed by atoms with E-state index in [1.807, 2.05) is 30.3 Å². The summed E-state index contributed by atoms with van der Waals surface area (Å²) < 4.78 is 0. The Morgan fingerprint density at radius 3 is 2.10 bits per heavy atom. The molecule has 0 aliphatic heterocycles. The summed E-state index contributed by atoms with van der Waals surface area (Å²) >= 11 is 0. The van der Waals surface area contributed by atoms with Gasteiger partial charge in [-0.25, -0.2) is 4.79 Å². The summed E-state index contributed by atoms with van der Waals surface area (Å²) in [7, 11) is 0. The summed E-state index contributed by atoms with van der Waals surface area (Å²) in [6.07, 6.45) is 0. The molecule has 0 spiro atoms. The first-order valence-electron chi connectivity index (χ1n) is 6.73. The zero-order chi connectivity index (χ0) is 14.5. The van der Waals surface area contributed by atoms with Gasteiger partial charge in [0, 0.05) is 24.3 Å². The third kappa shape index (κ3) is 5.51. The van der Waals surface area contributed by atoms with Gasteiger partial charge in [0.2, 0.25) is 0 Å². The predicted molar refractivity (Wildman–Crippen MR) is 90.7 cm³/mol. The number of hydrogen-bond donors (Lipinski definition) is 1. The lowest BCUT2D eigenvalue weighted by Crippen LogP contribution is -2.47. The van der Waals surface area contributed by atoms with Crippen LogP contribution in [0.25, 0.3) is 0 Å². The molecule has 1 rings (SSSR count). The largest absolute Gasteiger partial charge is 0.351 e. The van der Waals surface area contributed by atoms with Gasteiger partial charge in [0.1, 0.15) is 0 Å². The number of rotatable bonds is 5. The average molecular weight is 344 g/mol. The van der Waals surface area contributed by atoms with Crippen molar-refractivity contribution in [3.63, 3.8) is 0 Å². The van der Waals surface area contributed by atoms with Crippen molar-refractivity contribution in [2.75, 3.05) is 24.5 Å². The number of carbonyl (C=O) groups excluding carboxylic acids is 1. The minimum absolute atomic E-state index is 0. The van der Waals surface area contributed by atoms with Crippen LogP contribution in [0.2, 0.25) is 0 Å². The van der Waals surface area contributed by atoms with Gasteiger partial charge in [-0.15, -0.1) is 17.0 Å². The maximum Gasteiger partial charge on any atom is 0.319 e. The molecule has 0 atom stereocenters. The fourth-order valence-electron chi connectivity index (χ4n) is 2.16. The van der Waals surface area contributed by atoms with E-state index in [1.54, 1.807) is 4.90 Å². The van der Waals surface area contributed by atoms with Gasteiger partial charge in [-0.05, 0) is 39.4 Å². The van der Waals surface area contributed by atoms with Crippen LogP contribution < -0.4 is 10.6 Å². The minimum Gasteiger partial charge on any atom is -0.351 e. The second kappa shape index (κ2) is 8.27.